The van der Waals surface area contributed by atoms with Crippen LogP contribution in [0.3, 0.4) is 0 Å². The van der Waals surface area contributed by atoms with E-state index >= 15 is 0 Å². The first-order chi connectivity index (χ1) is 16.1. The summed E-state index contributed by atoms with van der Waals surface area (Å²) in [6.45, 7) is 7.15. The van der Waals surface area contributed by atoms with E-state index in [-0.39, 0.29) is 35.9 Å². The molecule has 34 heavy (non-hydrogen) atoms. The number of hydrogen-bond acceptors (Lipinski definition) is 5. The van der Waals surface area contributed by atoms with Crippen LogP contribution < -0.4 is 16.2 Å². The first-order valence-electron chi connectivity index (χ1n) is 10.5. The summed E-state index contributed by atoms with van der Waals surface area (Å²) in [4.78, 5) is 41.2. The molecule has 2 heterocycles. The molecule has 10 heteroatoms. The normalized spacial score (nSPS) is 10.9. The van der Waals surface area contributed by atoms with Crippen LogP contribution in [0.1, 0.15) is 35.3 Å². The van der Waals surface area contributed by atoms with Crippen LogP contribution in [0.5, 0.6) is 5.75 Å². The summed E-state index contributed by atoms with van der Waals surface area (Å²) < 4.78 is 14.4. The number of carboxylic acid groups (broad SMARTS) is 1. The van der Waals surface area contributed by atoms with Crippen molar-refractivity contribution in [2.24, 2.45) is 5.92 Å². The number of nitrogens with one attached hydrogen (secondary N) is 2. The molecule has 0 atom stereocenters. The van der Waals surface area contributed by atoms with Crippen LogP contribution in [0.25, 0.3) is 11.0 Å². The quantitative estimate of drug-likeness (QED) is 0.402. The molecule has 1 aromatic carbocycles. The second-order valence-electron chi connectivity index (χ2n) is 8.06. The molecule has 0 radical (unpaired) electrons. The molecule has 3 aromatic rings. The number of fused-ring (bicyclic) bond motifs is 1. The standard InChI is InChI=1S/C24H25FN4O5/c1-13(2)14(3)28-22(31)19-21(30)20-18(29(23(19)32)9-8-26-24(33)34)11-16(12-27-20)10-15-4-6-17(25)7-5-15/h4-7,11-13,26,30H,3,8-10H2,1-2H3,(H,28,31)(H,33,34). The fourth-order valence-corrected chi connectivity index (χ4v) is 3.34. The summed E-state index contributed by atoms with van der Waals surface area (Å²) in [5.41, 5.74) is 0.771. The van der Waals surface area contributed by atoms with E-state index < -0.39 is 28.9 Å². The number of amides is 2. The Labute approximate surface area is 194 Å². The molecule has 178 valence electrons. The minimum atomic E-state index is -1.27. The zero-order valence-corrected chi connectivity index (χ0v) is 18.8. The van der Waals surface area contributed by atoms with Crippen LogP contribution in [0.15, 0.2) is 53.6 Å². The van der Waals surface area contributed by atoms with Gasteiger partial charge >= 0.3 is 6.09 Å². The Morgan fingerprint density at radius 2 is 1.88 bits per heavy atom. The Morgan fingerprint density at radius 1 is 1.21 bits per heavy atom. The summed E-state index contributed by atoms with van der Waals surface area (Å²) in [6.07, 6.45) is 0.601. The number of aromatic nitrogens is 2. The molecule has 3 rings (SSSR count). The summed E-state index contributed by atoms with van der Waals surface area (Å²) in [5, 5.41) is 24.4. The number of carbonyl (C=O) groups is 2. The molecule has 0 spiro atoms. The largest absolute Gasteiger partial charge is 0.505 e. The van der Waals surface area contributed by atoms with Crippen molar-refractivity contribution in [3.05, 3.63) is 81.7 Å². The highest BCUT2D eigenvalue weighted by molar-refractivity contribution is 6.02. The topological polar surface area (TPSA) is 134 Å². The van der Waals surface area contributed by atoms with Gasteiger partial charge in [0.15, 0.2) is 5.75 Å². The molecule has 4 N–H and O–H groups in total. The summed E-state index contributed by atoms with van der Waals surface area (Å²) in [7, 11) is 0. The van der Waals surface area contributed by atoms with Crippen LogP contribution in [0.4, 0.5) is 9.18 Å². The molecular formula is C24H25FN4O5. The van der Waals surface area contributed by atoms with Crippen LogP contribution in [-0.2, 0) is 13.0 Å². The van der Waals surface area contributed by atoms with Crippen LogP contribution in [-0.4, -0.2) is 38.3 Å². The Bertz CT molecular complexity index is 1320. The van der Waals surface area contributed by atoms with Crippen LogP contribution in [0.2, 0.25) is 0 Å². The monoisotopic (exact) mass is 468 g/mol. The maximum atomic E-state index is 13.2. The van der Waals surface area contributed by atoms with Gasteiger partial charge in [0, 0.05) is 25.0 Å². The number of aromatic hydroxyl groups is 1. The fraction of sp³-hybridized carbons (Fsp3) is 0.250. The lowest BCUT2D eigenvalue weighted by atomic mass is 10.0. The smallest absolute Gasteiger partial charge is 0.404 e. The molecule has 0 aliphatic heterocycles. The molecule has 0 fully saturated rings. The lowest BCUT2D eigenvalue weighted by molar-refractivity contribution is 0.0958. The maximum Gasteiger partial charge on any atom is 0.404 e. The van der Waals surface area contributed by atoms with Gasteiger partial charge < -0.3 is 25.4 Å². The van der Waals surface area contributed by atoms with Crippen molar-refractivity contribution in [1.82, 2.24) is 20.2 Å². The zero-order valence-electron chi connectivity index (χ0n) is 18.8. The highest BCUT2D eigenvalue weighted by Crippen LogP contribution is 2.26. The first-order valence-corrected chi connectivity index (χ1v) is 10.5. The maximum absolute atomic E-state index is 13.2. The van der Waals surface area contributed by atoms with Crippen molar-refractivity contribution in [2.45, 2.75) is 26.8 Å². The van der Waals surface area contributed by atoms with E-state index in [2.05, 4.69) is 22.2 Å². The number of allylic oxidation sites excluding steroid dienone is 1. The number of nitrogens with zero attached hydrogens (tertiary/aromatic N) is 2. The van der Waals surface area contributed by atoms with Crippen molar-refractivity contribution in [3.8, 4) is 5.75 Å². The number of pyridine rings is 2. The molecule has 0 bridgehead atoms. The van der Waals surface area contributed by atoms with Gasteiger partial charge in [-0.3, -0.25) is 14.6 Å². The van der Waals surface area contributed by atoms with E-state index in [4.69, 9.17) is 5.11 Å². The third kappa shape index (κ3) is 5.40. The van der Waals surface area contributed by atoms with Crippen LogP contribution >= 0.6 is 0 Å². The minimum absolute atomic E-state index is 0.0121. The van der Waals surface area contributed by atoms with Gasteiger partial charge in [0.25, 0.3) is 11.5 Å². The lowest BCUT2D eigenvalue weighted by Gasteiger charge is -2.16. The number of halogens is 1. The lowest BCUT2D eigenvalue weighted by Crippen LogP contribution is -2.36. The van der Waals surface area contributed by atoms with E-state index in [1.54, 1.807) is 18.2 Å². The van der Waals surface area contributed by atoms with Gasteiger partial charge in [-0.05, 0) is 41.7 Å². The number of hydrogen-bond donors (Lipinski definition) is 4. The van der Waals surface area contributed by atoms with Crippen molar-refractivity contribution in [1.29, 1.82) is 0 Å². The van der Waals surface area contributed by atoms with E-state index in [0.29, 0.717) is 17.7 Å². The van der Waals surface area contributed by atoms with E-state index in [1.807, 2.05) is 13.8 Å². The summed E-state index contributed by atoms with van der Waals surface area (Å²) >= 11 is 0. The Morgan fingerprint density at radius 3 is 2.50 bits per heavy atom. The highest BCUT2D eigenvalue weighted by atomic mass is 19.1. The molecule has 0 saturated heterocycles. The van der Waals surface area contributed by atoms with Crippen molar-refractivity contribution < 1.29 is 24.2 Å². The second-order valence-corrected chi connectivity index (χ2v) is 8.06. The van der Waals surface area contributed by atoms with Crippen molar-refractivity contribution in [3.63, 3.8) is 0 Å². The molecule has 2 aromatic heterocycles. The Hall–Kier alpha value is -4.21. The molecule has 0 saturated carbocycles. The van der Waals surface area contributed by atoms with Crippen molar-refractivity contribution >= 4 is 23.0 Å². The summed E-state index contributed by atoms with van der Waals surface area (Å²) in [6, 6.07) is 7.53. The van der Waals surface area contributed by atoms with Gasteiger partial charge in [-0.2, -0.15) is 0 Å². The SMILES string of the molecule is C=C(NC(=O)c1c(O)c2ncc(Cc3ccc(F)cc3)cc2n(CCNC(=O)O)c1=O)C(C)C. The number of benzene rings is 1. The predicted molar refractivity (Wildman–Crippen MR) is 124 cm³/mol. The van der Waals surface area contributed by atoms with Gasteiger partial charge in [0.05, 0.1) is 5.52 Å². The Balaban J connectivity index is 2.11. The van der Waals surface area contributed by atoms with Gasteiger partial charge in [-0.25, -0.2) is 9.18 Å². The minimum Gasteiger partial charge on any atom is -0.505 e. The average Bonchev–Trinajstić information content (AvgIpc) is 2.77. The first kappa shape index (κ1) is 24.4. The number of carbonyl (C=O) groups excluding carboxylic acids is 1. The van der Waals surface area contributed by atoms with E-state index in [0.717, 1.165) is 5.56 Å². The third-order valence-corrected chi connectivity index (χ3v) is 5.27. The molecule has 2 amide bonds. The van der Waals surface area contributed by atoms with Gasteiger partial charge in [0.2, 0.25) is 0 Å². The van der Waals surface area contributed by atoms with E-state index in [9.17, 15) is 23.9 Å². The molecular weight excluding hydrogens is 443 g/mol. The third-order valence-electron chi connectivity index (χ3n) is 5.27. The molecule has 0 aliphatic carbocycles. The molecule has 0 unspecified atom stereocenters. The average molecular weight is 468 g/mol. The van der Waals surface area contributed by atoms with Gasteiger partial charge in [-0.15, -0.1) is 0 Å². The summed E-state index contributed by atoms with van der Waals surface area (Å²) in [5.74, 6) is -1.87. The van der Waals surface area contributed by atoms with Crippen molar-refractivity contribution in [2.75, 3.05) is 6.54 Å². The van der Waals surface area contributed by atoms with Crippen LogP contribution in [0, 0.1) is 11.7 Å². The van der Waals surface area contributed by atoms with Gasteiger partial charge in [0.1, 0.15) is 16.9 Å². The van der Waals surface area contributed by atoms with Gasteiger partial charge in [-0.1, -0.05) is 32.6 Å². The Kier molecular flexibility index (Phi) is 7.30. The predicted octanol–water partition coefficient (Wildman–Crippen LogP) is 3.00. The highest BCUT2D eigenvalue weighted by Gasteiger charge is 2.24. The molecule has 0 aliphatic rings. The van der Waals surface area contributed by atoms with E-state index in [1.165, 1.54) is 22.9 Å². The molecule has 9 nitrogen and oxygen atoms in total. The number of rotatable bonds is 8. The zero-order chi connectivity index (χ0) is 25.0. The second kappa shape index (κ2) is 10.2. The fourth-order valence-electron chi connectivity index (χ4n) is 3.34.